The largest absolute Gasteiger partial charge is 0.283 e. The molecule has 84 valence electrons. The van der Waals surface area contributed by atoms with Gasteiger partial charge in [0.1, 0.15) is 11.6 Å². The Balaban J connectivity index is 2.71. The third kappa shape index (κ3) is 2.15. The molecule has 0 radical (unpaired) electrons. The molecule has 0 aliphatic carbocycles. The van der Waals surface area contributed by atoms with Gasteiger partial charge >= 0.3 is 0 Å². The molecule has 0 fully saturated rings. The first-order valence-corrected chi connectivity index (χ1v) is 5.81. The fourth-order valence-electron chi connectivity index (χ4n) is 1.59. The van der Waals surface area contributed by atoms with E-state index in [1.54, 1.807) is 19.2 Å². The number of nitriles is 1. The minimum atomic E-state index is -0.286. The molecule has 1 heterocycles. The maximum atomic E-state index is 12.1. The van der Waals surface area contributed by atoms with Crippen molar-refractivity contribution in [3.05, 3.63) is 62.5 Å². The second-order valence-corrected chi connectivity index (χ2v) is 4.56. The lowest BCUT2D eigenvalue weighted by molar-refractivity contribution is 0.972. The first-order valence-electron chi connectivity index (χ1n) is 5.02. The van der Waals surface area contributed by atoms with Gasteiger partial charge in [-0.05, 0) is 36.8 Å². The Kier molecular flexibility index (Phi) is 3.12. The van der Waals surface area contributed by atoms with Crippen LogP contribution >= 0.6 is 15.9 Å². The average molecular weight is 289 g/mol. The van der Waals surface area contributed by atoms with Crippen LogP contribution in [0.4, 0.5) is 0 Å². The zero-order chi connectivity index (χ0) is 12.4. The van der Waals surface area contributed by atoms with Gasteiger partial charge in [0, 0.05) is 16.4 Å². The van der Waals surface area contributed by atoms with Crippen LogP contribution in [0, 0.1) is 18.3 Å². The zero-order valence-corrected chi connectivity index (χ0v) is 10.7. The molecule has 17 heavy (non-hydrogen) atoms. The predicted octanol–water partition coefficient (Wildman–Crippen LogP) is 2.78. The highest BCUT2D eigenvalue weighted by Gasteiger charge is 2.07. The van der Waals surface area contributed by atoms with Crippen LogP contribution in [0.25, 0.3) is 5.69 Å². The molecule has 4 heteroatoms. The molecular formula is C13H9BrN2O. The summed E-state index contributed by atoms with van der Waals surface area (Å²) in [7, 11) is 0. The monoisotopic (exact) mass is 288 g/mol. The molecule has 0 N–H and O–H groups in total. The molecule has 0 saturated carbocycles. The fraction of sp³-hybridized carbons (Fsp3) is 0.0769. The first kappa shape index (κ1) is 11.6. The quantitative estimate of drug-likeness (QED) is 0.810. The highest BCUT2D eigenvalue weighted by molar-refractivity contribution is 9.10. The first-order chi connectivity index (χ1) is 8.13. The van der Waals surface area contributed by atoms with Gasteiger partial charge in [-0.1, -0.05) is 22.0 Å². The number of rotatable bonds is 1. The van der Waals surface area contributed by atoms with Gasteiger partial charge in [0.15, 0.2) is 0 Å². The molecule has 3 nitrogen and oxygen atoms in total. The Morgan fingerprint density at radius 3 is 2.76 bits per heavy atom. The average Bonchev–Trinajstić information content (AvgIpc) is 2.29. The summed E-state index contributed by atoms with van der Waals surface area (Å²) < 4.78 is 2.36. The molecule has 0 aliphatic heterocycles. The summed E-state index contributed by atoms with van der Waals surface area (Å²) in [6.07, 6.45) is 1.68. The normalized spacial score (nSPS) is 9.94. The van der Waals surface area contributed by atoms with Crippen LogP contribution in [-0.4, -0.2) is 4.57 Å². The van der Waals surface area contributed by atoms with Crippen molar-refractivity contribution in [3.8, 4) is 11.8 Å². The summed E-state index contributed by atoms with van der Waals surface area (Å²) >= 11 is 3.35. The van der Waals surface area contributed by atoms with E-state index in [1.165, 1.54) is 4.57 Å². The molecule has 1 aromatic carbocycles. The summed E-state index contributed by atoms with van der Waals surface area (Å²) in [6.45, 7) is 1.76. The molecule has 0 bridgehead atoms. The molecule has 0 unspecified atom stereocenters. The number of nitrogens with zero attached hydrogens (tertiary/aromatic N) is 2. The van der Waals surface area contributed by atoms with Crippen molar-refractivity contribution in [1.82, 2.24) is 4.57 Å². The second-order valence-electron chi connectivity index (χ2n) is 3.64. The van der Waals surface area contributed by atoms with E-state index in [-0.39, 0.29) is 11.1 Å². The van der Waals surface area contributed by atoms with Crippen LogP contribution in [0.5, 0.6) is 0 Å². The molecular weight excluding hydrogens is 280 g/mol. The van der Waals surface area contributed by atoms with E-state index in [2.05, 4.69) is 15.9 Å². The summed E-state index contributed by atoms with van der Waals surface area (Å²) in [5.41, 5.74) is 1.34. The summed E-state index contributed by atoms with van der Waals surface area (Å²) in [5.74, 6) is 0. The minimum Gasteiger partial charge on any atom is -0.283 e. The molecule has 0 atom stereocenters. The van der Waals surface area contributed by atoms with Crippen LogP contribution in [0.3, 0.4) is 0 Å². The van der Waals surface area contributed by atoms with E-state index in [0.29, 0.717) is 5.56 Å². The number of hydrogen-bond acceptors (Lipinski definition) is 2. The van der Waals surface area contributed by atoms with Crippen LogP contribution in [0.15, 0.2) is 45.8 Å². The Bertz CT molecular complexity index is 668. The number of hydrogen-bond donors (Lipinski definition) is 0. The van der Waals surface area contributed by atoms with E-state index >= 15 is 0 Å². The van der Waals surface area contributed by atoms with Gasteiger partial charge in [0.2, 0.25) is 0 Å². The standard InChI is InChI=1S/C13H9BrN2O/c1-9-5-6-16(13(17)12(9)8-15)11-4-2-3-10(14)7-11/h2-7H,1H3. The summed E-state index contributed by atoms with van der Waals surface area (Å²) in [5, 5.41) is 8.95. The predicted molar refractivity (Wildman–Crippen MR) is 69.2 cm³/mol. The van der Waals surface area contributed by atoms with E-state index in [4.69, 9.17) is 5.26 Å². The maximum absolute atomic E-state index is 12.1. The van der Waals surface area contributed by atoms with Gasteiger partial charge in [-0.3, -0.25) is 9.36 Å². The van der Waals surface area contributed by atoms with Crippen molar-refractivity contribution < 1.29 is 0 Å². The Labute approximate surface area is 107 Å². The topological polar surface area (TPSA) is 45.8 Å². The van der Waals surface area contributed by atoms with Crippen molar-refractivity contribution in [2.75, 3.05) is 0 Å². The van der Waals surface area contributed by atoms with Gasteiger partial charge < -0.3 is 0 Å². The fourth-order valence-corrected chi connectivity index (χ4v) is 1.98. The molecule has 0 spiro atoms. The summed E-state index contributed by atoms with van der Waals surface area (Å²) in [6, 6.07) is 11.1. The van der Waals surface area contributed by atoms with Crippen molar-refractivity contribution in [1.29, 1.82) is 5.26 Å². The third-order valence-corrected chi connectivity index (χ3v) is 2.99. The SMILES string of the molecule is Cc1ccn(-c2cccc(Br)c2)c(=O)c1C#N. The number of aromatic nitrogens is 1. The Hall–Kier alpha value is -1.86. The van der Waals surface area contributed by atoms with Gasteiger partial charge in [-0.25, -0.2) is 0 Å². The number of pyridine rings is 1. The number of aryl methyl sites for hydroxylation is 1. The lowest BCUT2D eigenvalue weighted by atomic mass is 10.1. The van der Waals surface area contributed by atoms with Crippen molar-refractivity contribution in [3.63, 3.8) is 0 Å². The smallest absolute Gasteiger partial charge is 0.273 e. The zero-order valence-electron chi connectivity index (χ0n) is 9.14. The van der Waals surface area contributed by atoms with E-state index < -0.39 is 0 Å². The van der Waals surface area contributed by atoms with Crippen molar-refractivity contribution >= 4 is 15.9 Å². The van der Waals surface area contributed by atoms with Crippen molar-refractivity contribution in [2.24, 2.45) is 0 Å². The third-order valence-electron chi connectivity index (χ3n) is 2.50. The van der Waals surface area contributed by atoms with Crippen LogP contribution in [-0.2, 0) is 0 Å². The molecule has 2 aromatic rings. The summed E-state index contributed by atoms with van der Waals surface area (Å²) in [4.78, 5) is 12.1. The van der Waals surface area contributed by atoms with Crippen LogP contribution in [0.1, 0.15) is 11.1 Å². The van der Waals surface area contributed by atoms with Gasteiger partial charge in [-0.2, -0.15) is 5.26 Å². The van der Waals surface area contributed by atoms with Gasteiger partial charge in [0.05, 0.1) is 0 Å². The second kappa shape index (κ2) is 4.56. The lowest BCUT2D eigenvalue weighted by Crippen LogP contribution is -2.21. The van der Waals surface area contributed by atoms with Crippen LogP contribution in [0.2, 0.25) is 0 Å². The van der Waals surface area contributed by atoms with Gasteiger partial charge in [-0.15, -0.1) is 0 Å². The van der Waals surface area contributed by atoms with Gasteiger partial charge in [0.25, 0.3) is 5.56 Å². The van der Waals surface area contributed by atoms with E-state index in [9.17, 15) is 4.79 Å². The minimum absolute atomic E-state index is 0.187. The molecule has 1 aromatic heterocycles. The highest BCUT2D eigenvalue weighted by Crippen LogP contribution is 2.14. The lowest BCUT2D eigenvalue weighted by Gasteiger charge is -2.07. The molecule has 0 amide bonds. The van der Waals surface area contributed by atoms with Crippen LogP contribution < -0.4 is 5.56 Å². The maximum Gasteiger partial charge on any atom is 0.273 e. The van der Waals surface area contributed by atoms with E-state index in [0.717, 1.165) is 10.2 Å². The molecule has 0 aliphatic rings. The number of benzene rings is 1. The Morgan fingerprint density at radius 2 is 2.12 bits per heavy atom. The molecule has 2 rings (SSSR count). The molecule has 0 saturated heterocycles. The number of halogens is 1. The highest BCUT2D eigenvalue weighted by atomic mass is 79.9. The van der Waals surface area contributed by atoms with E-state index in [1.807, 2.05) is 30.3 Å². The van der Waals surface area contributed by atoms with Crippen molar-refractivity contribution in [2.45, 2.75) is 6.92 Å². The Morgan fingerprint density at radius 1 is 1.35 bits per heavy atom.